The van der Waals surface area contributed by atoms with E-state index in [9.17, 15) is 9.18 Å². The molecule has 0 unspecified atom stereocenters. The summed E-state index contributed by atoms with van der Waals surface area (Å²) in [6.07, 6.45) is 0. The summed E-state index contributed by atoms with van der Waals surface area (Å²) >= 11 is 0. The van der Waals surface area contributed by atoms with Crippen molar-refractivity contribution in [3.05, 3.63) is 53.3 Å². The van der Waals surface area contributed by atoms with Crippen molar-refractivity contribution in [1.82, 2.24) is 0 Å². The van der Waals surface area contributed by atoms with Crippen LogP contribution in [0.3, 0.4) is 0 Å². The van der Waals surface area contributed by atoms with Crippen LogP contribution >= 0.6 is 0 Å². The van der Waals surface area contributed by atoms with Crippen molar-refractivity contribution < 1.29 is 13.9 Å². The van der Waals surface area contributed by atoms with E-state index in [4.69, 9.17) is 4.74 Å². The van der Waals surface area contributed by atoms with E-state index in [0.717, 1.165) is 11.3 Å². The summed E-state index contributed by atoms with van der Waals surface area (Å²) in [6, 6.07) is 9.63. The molecule has 4 nitrogen and oxygen atoms in total. The molecule has 0 fully saturated rings. The van der Waals surface area contributed by atoms with E-state index in [0.29, 0.717) is 30.2 Å². The zero-order chi connectivity index (χ0) is 14.8. The number of para-hydroxylation sites is 1. The normalized spacial score (nSPS) is 12.9. The predicted octanol–water partition coefficient (Wildman–Crippen LogP) is 3.19. The van der Waals surface area contributed by atoms with Gasteiger partial charge in [0.25, 0.3) is 5.91 Å². The van der Waals surface area contributed by atoms with Crippen LogP contribution in [-0.2, 0) is 0 Å². The van der Waals surface area contributed by atoms with Crippen LogP contribution in [-0.4, -0.2) is 19.1 Å². The summed E-state index contributed by atoms with van der Waals surface area (Å²) in [5.74, 6) is -0.163. The number of carbonyl (C=O) groups excluding carboxylic acids is 1. The zero-order valence-corrected chi connectivity index (χ0v) is 11.6. The van der Waals surface area contributed by atoms with E-state index in [1.807, 2.05) is 13.0 Å². The number of nitrogens with one attached hydrogen (secondary N) is 2. The van der Waals surface area contributed by atoms with E-state index >= 15 is 0 Å². The molecular formula is C16H15FN2O2. The topological polar surface area (TPSA) is 50.4 Å². The first-order chi connectivity index (χ1) is 10.1. The maximum atomic E-state index is 13.3. The lowest BCUT2D eigenvalue weighted by molar-refractivity contribution is 0.102. The molecule has 0 spiro atoms. The second-order valence-electron chi connectivity index (χ2n) is 4.87. The summed E-state index contributed by atoms with van der Waals surface area (Å²) in [5, 5.41) is 5.91. The van der Waals surface area contributed by atoms with Crippen LogP contribution in [0.25, 0.3) is 0 Å². The zero-order valence-electron chi connectivity index (χ0n) is 11.6. The Kier molecular flexibility index (Phi) is 3.48. The Labute approximate surface area is 121 Å². The van der Waals surface area contributed by atoms with Crippen LogP contribution in [0.4, 0.5) is 15.8 Å². The number of aryl methyl sites for hydroxylation is 1. The lowest BCUT2D eigenvalue weighted by Gasteiger charge is -2.21. The lowest BCUT2D eigenvalue weighted by atomic mass is 10.1. The third kappa shape index (κ3) is 2.67. The fourth-order valence-electron chi connectivity index (χ4n) is 2.27. The third-order valence-electron chi connectivity index (χ3n) is 3.37. The molecule has 5 heteroatoms. The molecule has 1 aliphatic rings. The van der Waals surface area contributed by atoms with E-state index < -0.39 is 0 Å². The fraction of sp³-hybridized carbons (Fsp3) is 0.188. The molecule has 2 aromatic carbocycles. The number of hydrogen-bond donors (Lipinski definition) is 2. The van der Waals surface area contributed by atoms with Gasteiger partial charge < -0.3 is 15.4 Å². The molecule has 0 atom stereocenters. The quantitative estimate of drug-likeness (QED) is 0.891. The monoisotopic (exact) mass is 286 g/mol. The Bertz CT molecular complexity index is 701. The number of anilines is 2. The lowest BCUT2D eigenvalue weighted by Crippen LogP contribution is -2.22. The molecule has 1 amide bonds. The number of amides is 1. The SMILES string of the molecule is Cc1ccc(F)cc1NC(=O)c1cccc2c1OCCN2. The minimum absolute atomic E-state index is 0.316. The summed E-state index contributed by atoms with van der Waals surface area (Å²) in [4.78, 5) is 12.4. The Morgan fingerprint density at radius 3 is 3.05 bits per heavy atom. The van der Waals surface area contributed by atoms with Crippen molar-refractivity contribution >= 4 is 17.3 Å². The van der Waals surface area contributed by atoms with Crippen LogP contribution in [0.1, 0.15) is 15.9 Å². The number of hydrogen-bond acceptors (Lipinski definition) is 3. The highest BCUT2D eigenvalue weighted by Gasteiger charge is 2.19. The van der Waals surface area contributed by atoms with Gasteiger partial charge in [0.15, 0.2) is 5.75 Å². The number of carbonyl (C=O) groups is 1. The van der Waals surface area contributed by atoms with Crippen molar-refractivity contribution in [2.45, 2.75) is 6.92 Å². The van der Waals surface area contributed by atoms with E-state index in [2.05, 4.69) is 10.6 Å². The average Bonchev–Trinajstić information content (AvgIpc) is 2.50. The van der Waals surface area contributed by atoms with Crippen molar-refractivity contribution in [2.24, 2.45) is 0 Å². The largest absolute Gasteiger partial charge is 0.489 e. The molecule has 1 heterocycles. The molecule has 0 saturated carbocycles. The summed E-state index contributed by atoms with van der Waals surface area (Å²) < 4.78 is 18.9. The van der Waals surface area contributed by atoms with Gasteiger partial charge >= 0.3 is 0 Å². The number of halogens is 1. The molecule has 2 aromatic rings. The minimum Gasteiger partial charge on any atom is -0.489 e. The number of rotatable bonds is 2. The van der Waals surface area contributed by atoms with Crippen molar-refractivity contribution in [3.63, 3.8) is 0 Å². The van der Waals surface area contributed by atoms with Gasteiger partial charge in [0.05, 0.1) is 11.3 Å². The summed E-state index contributed by atoms with van der Waals surface area (Å²) in [6.45, 7) is 3.03. The van der Waals surface area contributed by atoms with Crippen LogP contribution < -0.4 is 15.4 Å². The minimum atomic E-state index is -0.385. The first-order valence-electron chi connectivity index (χ1n) is 6.72. The highest BCUT2D eigenvalue weighted by molar-refractivity contribution is 6.07. The number of ether oxygens (including phenoxy) is 1. The molecule has 0 radical (unpaired) electrons. The molecule has 1 aliphatic heterocycles. The van der Waals surface area contributed by atoms with Gasteiger partial charge in [-0.15, -0.1) is 0 Å². The van der Waals surface area contributed by atoms with Crippen molar-refractivity contribution in [2.75, 3.05) is 23.8 Å². The Balaban J connectivity index is 1.91. The molecular weight excluding hydrogens is 271 g/mol. The van der Waals surface area contributed by atoms with Gasteiger partial charge in [0.2, 0.25) is 0 Å². The molecule has 108 valence electrons. The van der Waals surface area contributed by atoms with Gasteiger partial charge in [-0.3, -0.25) is 4.79 Å². The first kappa shape index (κ1) is 13.4. The molecule has 0 aliphatic carbocycles. The highest BCUT2D eigenvalue weighted by atomic mass is 19.1. The van der Waals surface area contributed by atoms with Crippen LogP contribution in [0.15, 0.2) is 36.4 Å². The predicted molar refractivity (Wildman–Crippen MR) is 79.5 cm³/mol. The van der Waals surface area contributed by atoms with Crippen molar-refractivity contribution in [3.8, 4) is 5.75 Å². The Morgan fingerprint density at radius 1 is 1.33 bits per heavy atom. The highest BCUT2D eigenvalue weighted by Crippen LogP contribution is 2.31. The Morgan fingerprint density at radius 2 is 2.19 bits per heavy atom. The smallest absolute Gasteiger partial charge is 0.259 e. The number of benzene rings is 2. The summed E-state index contributed by atoms with van der Waals surface area (Å²) in [7, 11) is 0. The second-order valence-corrected chi connectivity index (χ2v) is 4.87. The van der Waals surface area contributed by atoms with Gasteiger partial charge in [0.1, 0.15) is 12.4 Å². The fourth-order valence-corrected chi connectivity index (χ4v) is 2.27. The van der Waals surface area contributed by atoms with Crippen molar-refractivity contribution in [1.29, 1.82) is 0 Å². The number of fused-ring (bicyclic) bond motifs is 1. The van der Waals surface area contributed by atoms with Gasteiger partial charge in [-0.05, 0) is 36.8 Å². The Hall–Kier alpha value is -2.56. The van der Waals surface area contributed by atoms with E-state index in [1.165, 1.54) is 12.1 Å². The maximum absolute atomic E-state index is 13.3. The molecule has 21 heavy (non-hydrogen) atoms. The standard InChI is InChI=1S/C16H15FN2O2/c1-10-5-6-11(17)9-14(10)19-16(20)12-3-2-4-13-15(12)21-8-7-18-13/h2-6,9,18H,7-8H2,1H3,(H,19,20). The van der Waals surface area contributed by atoms with Crippen LogP contribution in [0.5, 0.6) is 5.75 Å². The third-order valence-corrected chi connectivity index (χ3v) is 3.37. The molecule has 3 rings (SSSR count). The van der Waals surface area contributed by atoms with Gasteiger partial charge in [-0.2, -0.15) is 0 Å². The van der Waals surface area contributed by atoms with E-state index in [1.54, 1.807) is 18.2 Å². The molecule has 0 aromatic heterocycles. The molecule has 0 bridgehead atoms. The van der Waals surface area contributed by atoms with Gasteiger partial charge in [-0.1, -0.05) is 12.1 Å². The molecule has 2 N–H and O–H groups in total. The first-order valence-corrected chi connectivity index (χ1v) is 6.72. The van der Waals surface area contributed by atoms with E-state index in [-0.39, 0.29) is 11.7 Å². The van der Waals surface area contributed by atoms with Gasteiger partial charge in [-0.25, -0.2) is 4.39 Å². The average molecular weight is 286 g/mol. The molecule has 0 saturated heterocycles. The second kappa shape index (κ2) is 5.44. The van der Waals surface area contributed by atoms with Gasteiger partial charge in [0, 0.05) is 12.2 Å². The maximum Gasteiger partial charge on any atom is 0.259 e. The summed E-state index contributed by atoms with van der Waals surface area (Å²) in [5.41, 5.74) is 2.49. The van der Waals surface area contributed by atoms with Crippen LogP contribution in [0, 0.1) is 12.7 Å². The van der Waals surface area contributed by atoms with Crippen LogP contribution in [0.2, 0.25) is 0 Å².